The fraction of sp³-hybridized carbons (Fsp3) is 0.136. The minimum absolute atomic E-state index is 0.135. The molecule has 2 aromatic heterocycles. The lowest BCUT2D eigenvalue weighted by molar-refractivity contribution is 0.296. The average Bonchev–Trinajstić information content (AvgIpc) is 3.18. The van der Waals surface area contributed by atoms with E-state index in [9.17, 15) is 4.79 Å². The Morgan fingerprint density at radius 3 is 2.48 bits per heavy atom. The van der Waals surface area contributed by atoms with Gasteiger partial charge >= 0.3 is 0 Å². The predicted molar refractivity (Wildman–Crippen MR) is 105 cm³/mol. The summed E-state index contributed by atoms with van der Waals surface area (Å²) in [6.07, 6.45) is 1.53. The fourth-order valence-electron chi connectivity index (χ4n) is 2.87. The molecule has 0 bridgehead atoms. The molecule has 2 aromatic carbocycles. The van der Waals surface area contributed by atoms with E-state index < -0.39 is 0 Å². The van der Waals surface area contributed by atoms with Crippen molar-refractivity contribution in [2.24, 2.45) is 0 Å². The monoisotopic (exact) mass is 380 g/mol. The Balaban J connectivity index is 1.84. The smallest absolute Gasteiger partial charge is 0.235 e. The maximum Gasteiger partial charge on any atom is 0.235 e. The van der Waals surface area contributed by atoms with Gasteiger partial charge in [0.15, 0.2) is 5.76 Å². The van der Waals surface area contributed by atoms with Gasteiger partial charge in [-0.1, -0.05) is 23.7 Å². The largest absolute Gasteiger partial charge is 0.481 e. The van der Waals surface area contributed by atoms with Crippen molar-refractivity contribution in [1.82, 2.24) is 0 Å². The fourth-order valence-corrected chi connectivity index (χ4v) is 3.00. The molecule has 0 N–H and O–H groups in total. The second kappa shape index (κ2) is 6.97. The van der Waals surface area contributed by atoms with Crippen LogP contribution in [0.4, 0.5) is 0 Å². The highest BCUT2D eigenvalue weighted by atomic mass is 35.5. The molecule has 4 rings (SSSR count). The van der Waals surface area contributed by atoms with Gasteiger partial charge in [-0.25, -0.2) is 0 Å². The summed E-state index contributed by atoms with van der Waals surface area (Å²) in [4.78, 5) is 13.1. The zero-order chi connectivity index (χ0) is 19.0. The van der Waals surface area contributed by atoms with Gasteiger partial charge in [-0.15, -0.1) is 0 Å². The van der Waals surface area contributed by atoms with E-state index in [-0.39, 0.29) is 23.5 Å². The normalized spacial score (nSPS) is 11.1. The zero-order valence-electron chi connectivity index (χ0n) is 14.9. The minimum atomic E-state index is -0.222. The zero-order valence-corrected chi connectivity index (χ0v) is 15.7. The quantitative estimate of drug-likeness (QED) is 0.442. The van der Waals surface area contributed by atoms with E-state index >= 15 is 0 Å². The number of fused-ring (bicyclic) bond motifs is 1. The van der Waals surface area contributed by atoms with Gasteiger partial charge in [0.05, 0.1) is 11.6 Å². The van der Waals surface area contributed by atoms with Gasteiger partial charge in [-0.05, 0) is 66.9 Å². The van der Waals surface area contributed by atoms with E-state index in [4.69, 9.17) is 25.2 Å². The molecular weight excluding hydrogens is 364 g/mol. The van der Waals surface area contributed by atoms with Gasteiger partial charge < -0.3 is 13.6 Å². The van der Waals surface area contributed by atoms with Crippen LogP contribution in [0.2, 0.25) is 5.02 Å². The van der Waals surface area contributed by atoms with Crippen molar-refractivity contribution < 1.29 is 13.6 Å². The Labute approximate surface area is 160 Å². The first-order valence-corrected chi connectivity index (χ1v) is 8.90. The maximum absolute atomic E-state index is 13.1. The molecule has 136 valence electrons. The topological polar surface area (TPSA) is 52.6 Å². The Hall–Kier alpha value is -2.98. The van der Waals surface area contributed by atoms with Crippen molar-refractivity contribution in [2.75, 3.05) is 0 Å². The van der Waals surface area contributed by atoms with Crippen LogP contribution in [0.25, 0.3) is 22.5 Å². The first kappa shape index (κ1) is 17.4. The molecule has 0 spiro atoms. The Kier molecular flexibility index (Phi) is 4.50. The molecule has 2 heterocycles. The van der Waals surface area contributed by atoms with Crippen molar-refractivity contribution in [2.45, 2.75) is 20.5 Å². The van der Waals surface area contributed by atoms with Crippen LogP contribution in [-0.2, 0) is 6.61 Å². The van der Waals surface area contributed by atoms with E-state index in [0.29, 0.717) is 21.8 Å². The van der Waals surface area contributed by atoms with Gasteiger partial charge in [0.2, 0.25) is 16.9 Å². The van der Waals surface area contributed by atoms with Crippen LogP contribution >= 0.6 is 11.6 Å². The number of furan rings is 1. The van der Waals surface area contributed by atoms with Crippen LogP contribution in [0.3, 0.4) is 0 Å². The molecule has 0 radical (unpaired) electrons. The van der Waals surface area contributed by atoms with Crippen LogP contribution in [0.1, 0.15) is 16.7 Å². The summed E-state index contributed by atoms with van der Waals surface area (Å²) in [5, 5.41) is 1.13. The maximum atomic E-state index is 13.1. The minimum Gasteiger partial charge on any atom is -0.481 e. The summed E-state index contributed by atoms with van der Waals surface area (Å²) >= 11 is 5.92. The van der Waals surface area contributed by atoms with Crippen LogP contribution in [-0.4, -0.2) is 0 Å². The third-order valence-corrected chi connectivity index (χ3v) is 4.76. The molecule has 0 saturated heterocycles. The van der Waals surface area contributed by atoms with E-state index in [1.807, 2.05) is 38.1 Å². The van der Waals surface area contributed by atoms with E-state index in [1.165, 1.54) is 6.26 Å². The molecule has 0 atom stereocenters. The Bertz CT molecular complexity index is 1160. The lowest BCUT2D eigenvalue weighted by Crippen LogP contribution is -2.10. The number of halogens is 1. The number of benzene rings is 2. The SMILES string of the molecule is Cc1cc2oc(-c3ccco3)c(OCc3ccc(Cl)cc3)c(=O)c2cc1C. The lowest BCUT2D eigenvalue weighted by atomic mass is 10.1. The summed E-state index contributed by atoms with van der Waals surface area (Å²) < 4.78 is 17.4. The van der Waals surface area contributed by atoms with Crippen molar-refractivity contribution in [3.8, 4) is 17.3 Å². The first-order chi connectivity index (χ1) is 13.0. The van der Waals surface area contributed by atoms with E-state index in [2.05, 4.69) is 0 Å². The molecular formula is C22H17ClO4. The van der Waals surface area contributed by atoms with Crippen molar-refractivity contribution in [3.63, 3.8) is 0 Å². The molecule has 4 nitrogen and oxygen atoms in total. The summed E-state index contributed by atoms with van der Waals surface area (Å²) in [6.45, 7) is 4.15. The van der Waals surface area contributed by atoms with Gasteiger partial charge in [-0.2, -0.15) is 0 Å². The van der Waals surface area contributed by atoms with E-state index in [1.54, 1.807) is 24.3 Å². The lowest BCUT2D eigenvalue weighted by Gasteiger charge is -2.11. The van der Waals surface area contributed by atoms with Gasteiger partial charge in [0.1, 0.15) is 12.2 Å². The standard InChI is InChI=1S/C22H17ClO4/c1-13-10-17-19(11-14(13)2)27-21(18-4-3-9-25-18)22(20(17)24)26-12-15-5-7-16(23)8-6-15/h3-11H,12H2,1-2H3. The molecule has 27 heavy (non-hydrogen) atoms. The third kappa shape index (κ3) is 3.36. The van der Waals surface area contributed by atoms with Crippen LogP contribution < -0.4 is 10.2 Å². The number of rotatable bonds is 4. The van der Waals surface area contributed by atoms with Gasteiger partial charge in [0, 0.05) is 5.02 Å². The molecule has 0 unspecified atom stereocenters. The molecule has 4 aromatic rings. The molecule has 0 amide bonds. The van der Waals surface area contributed by atoms with Crippen LogP contribution in [0.5, 0.6) is 5.75 Å². The molecule has 0 fully saturated rings. The highest BCUT2D eigenvalue weighted by Crippen LogP contribution is 2.32. The Morgan fingerprint density at radius 1 is 1.04 bits per heavy atom. The van der Waals surface area contributed by atoms with E-state index in [0.717, 1.165) is 16.7 Å². The van der Waals surface area contributed by atoms with Crippen molar-refractivity contribution in [3.05, 3.63) is 86.7 Å². The summed E-state index contributed by atoms with van der Waals surface area (Å²) in [5.41, 5.74) is 3.24. The summed E-state index contributed by atoms with van der Waals surface area (Å²) in [7, 11) is 0. The molecule has 5 heteroatoms. The molecule has 0 aliphatic rings. The Morgan fingerprint density at radius 2 is 1.78 bits per heavy atom. The highest BCUT2D eigenvalue weighted by molar-refractivity contribution is 6.30. The number of aryl methyl sites for hydroxylation is 2. The van der Waals surface area contributed by atoms with Gasteiger partial charge in [0.25, 0.3) is 0 Å². The summed E-state index contributed by atoms with van der Waals surface area (Å²) in [5.74, 6) is 0.865. The van der Waals surface area contributed by atoms with Crippen molar-refractivity contribution in [1.29, 1.82) is 0 Å². The molecule has 0 aliphatic heterocycles. The van der Waals surface area contributed by atoms with Crippen LogP contribution in [0.15, 0.2) is 68.4 Å². The van der Waals surface area contributed by atoms with Gasteiger partial charge in [-0.3, -0.25) is 4.79 Å². The highest BCUT2D eigenvalue weighted by Gasteiger charge is 2.20. The second-order valence-corrected chi connectivity index (χ2v) is 6.85. The second-order valence-electron chi connectivity index (χ2n) is 6.41. The number of hydrogen-bond acceptors (Lipinski definition) is 4. The van der Waals surface area contributed by atoms with Crippen LogP contribution in [0, 0.1) is 13.8 Å². The number of ether oxygens (including phenoxy) is 1. The molecule has 0 aliphatic carbocycles. The summed E-state index contributed by atoms with van der Waals surface area (Å²) in [6, 6.07) is 14.4. The number of hydrogen-bond donors (Lipinski definition) is 0. The third-order valence-electron chi connectivity index (χ3n) is 4.51. The predicted octanol–water partition coefficient (Wildman–Crippen LogP) is 5.90. The van der Waals surface area contributed by atoms with Crippen molar-refractivity contribution >= 4 is 22.6 Å². The molecule has 0 saturated carbocycles. The average molecular weight is 381 g/mol. The first-order valence-electron chi connectivity index (χ1n) is 8.52.